The molecule has 0 saturated heterocycles. The summed E-state index contributed by atoms with van der Waals surface area (Å²) in [6.45, 7) is 7.68. The number of aromatic nitrogens is 2. The van der Waals surface area contributed by atoms with Crippen LogP contribution in [0.4, 0.5) is 0 Å². The van der Waals surface area contributed by atoms with Crippen molar-refractivity contribution in [3.05, 3.63) is 41.1 Å². The third-order valence-corrected chi connectivity index (χ3v) is 4.10. The Morgan fingerprint density at radius 1 is 1.21 bits per heavy atom. The van der Waals surface area contributed by atoms with E-state index in [2.05, 4.69) is 53.2 Å². The number of aryl methyl sites for hydroxylation is 1. The molecule has 0 unspecified atom stereocenters. The highest BCUT2D eigenvalue weighted by atomic mass is 15.2. The van der Waals surface area contributed by atoms with Gasteiger partial charge in [0.05, 0.1) is 5.69 Å². The van der Waals surface area contributed by atoms with Crippen LogP contribution in [0.1, 0.15) is 30.7 Å². The molecular weight excluding hydrogens is 234 g/mol. The zero-order valence-corrected chi connectivity index (χ0v) is 11.7. The van der Waals surface area contributed by atoms with Crippen LogP contribution in [0, 0.1) is 0 Å². The van der Waals surface area contributed by atoms with Gasteiger partial charge in [0.1, 0.15) is 0 Å². The zero-order chi connectivity index (χ0) is 13.2. The number of fused-ring (bicyclic) bond motifs is 1. The van der Waals surface area contributed by atoms with Gasteiger partial charge in [-0.1, -0.05) is 38.1 Å². The zero-order valence-electron chi connectivity index (χ0n) is 11.7. The Balaban J connectivity index is 1.95. The lowest BCUT2D eigenvalue weighted by Gasteiger charge is -2.25. The molecule has 0 fully saturated rings. The van der Waals surface area contributed by atoms with E-state index in [0.717, 1.165) is 38.2 Å². The van der Waals surface area contributed by atoms with Crippen molar-refractivity contribution in [2.24, 2.45) is 0 Å². The maximum Gasteiger partial charge on any atom is 0.0968 e. The summed E-state index contributed by atoms with van der Waals surface area (Å²) in [6.07, 6.45) is 2.17. The fourth-order valence-electron chi connectivity index (χ4n) is 2.76. The smallest absolute Gasteiger partial charge is 0.0968 e. The molecule has 0 radical (unpaired) electrons. The topological polar surface area (TPSA) is 31.9 Å². The number of aromatic amines is 1. The van der Waals surface area contributed by atoms with Gasteiger partial charge in [0.15, 0.2) is 0 Å². The summed E-state index contributed by atoms with van der Waals surface area (Å²) in [4.78, 5) is 2.47. The normalized spacial score (nSPS) is 15.5. The highest BCUT2D eigenvalue weighted by Gasteiger charge is 2.21. The van der Waals surface area contributed by atoms with E-state index in [1.54, 1.807) is 0 Å². The summed E-state index contributed by atoms with van der Waals surface area (Å²) in [5, 5.41) is 7.76. The second kappa shape index (κ2) is 5.17. The first-order valence-corrected chi connectivity index (χ1v) is 7.19. The number of nitrogens with one attached hydrogen (secondary N) is 1. The molecule has 0 saturated carbocycles. The first-order chi connectivity index (χ1) is 9.31. The Kier molecular flexibility index (Phi) is 3.38. The first kappa shape index (κ1) is 12.4. The largest absolute Gasteiger partial charge is 0.299 e. The second-order valence-electron chi connectivity index (χ2n) is 5.20. The maximum absolute atomic E-state index is 4.54. The Morgan fingerprint density at radius 3 is 2.68 bits per heavy atom. The van der Waals surface area contributed by atoms with Gasteiger partial charge >= 0.3 is 0 Å². The van der Waals surface area contributed by atoms with Gasteiger partial charge in [-0.2, -0.15) is 5.10 Å². The molecule has 3 nitrogen and oxygen atoms in total. The van der Waals surface area contributed by atoms with Gasteiger partial charge in [-0.3, -0.25) is 10.00 Å². The molecule has 19 heavy (non-hydrogen) atoms. The Labute approximate surface area is 114 Å². The summed E-state index contributed by atoms with van der Waals surface area (Å²) in [7, 11) is 0. The highest BCUT2D eigenvalue weighted by Crippen LogP contribution is 2.28. The van der Waals surface area contributed by atoms with Gasteiger partial charge in [0.2, 0.25) is 0 Å². The van der Waals surface area contributed by atoms with E-state index in [4.69, 9.17) is 0 Å². The summed E-state index contributed by atoms with van der Waals surface area (Å²) < 4.78 is 0. The van der Waals surface area contributed by atoms with Crippen molar-refractivity contribution in [3.63, 3.8) is 0 Å². The fraction of sp³-hybridized carbons (Fsp3) is 0.438. The minimum absolute atomic E-state index is 1.02. The second-order valence-corrected chi connectivity index (χ2v) is 5.20. The van der Waals surface area contributed by atoms with Crippen LogP contribution in [0.25, 0.3) is 11.3 Å². The molecule has 1 N–H and O–H groups in total. The van der Waals surface area contributed by atoms with Crippen LogP contribution in [0.15, 0.2) is 24.3 Å². The van der Waals surface area contributed by atoms with Gasteiger partial charge in [-0.15, -0.1) is 0 Å². The molecule has 0 spiro atoms. The van der Waals surface area contributed by atoms with Gasteiger partial charge in [0, 0.05) is 36.3 Å². The van der Waals surface area contributed by atoms with Crippen LogP contribution in [-0.4, -0.2) is 28.2 Å². The van der Waals surface area contributed by atoms with Crippen molar-refractivity contribution < 1.29 is 0 Å². The summed E-state index contributed by atoms with van der Waals surface area (Å²) in [6, 6.07) is 8.80. The van der Waals surface area contributed by atoms with Crippen molar-refractivity contribution in [2.45, 2.75) is 33.2 Å². The average Bonchev–Trinajstić information content (AvgIpc) is 2.90. The predicted octanol–water partition coefficient (Wildman–Crippen LogP) is 3.02. The number of rotatable bonds is 3. The molecule has 2 aromatic rings. The summed E-state index contributed by atoms with van der Waals surface area (Å²) >= 11 is 0. The minimum atomic E-state index is 1.02. The van der Waals surface area contributed by atoms with E-state index in [1.807, 2.05) is 0 Å². The molecule has 0 bridgehead atoms. The number of hydrogen-bond donors (Lipinski definition) is 1. The van der Waals surface area contributed by atoms with Crippen molar-refractivity contribution in [1.82, 2.24) is 15.1 Å². The van der Waals surface area contributed by atoms with Gasteiger partial charge < -0.3 is 0 Å². The van der Waals surface area contributed by atoms with Crippen LogP contribution >= 0.6 is 0 Å². The standard InChI is InChI=1S/C16H21N3/c1-3-12-5-7-13(8-6-12)16-14-11-19(4-2)10-9-15(14)17-18-16/h5-8H,3-4,9-11H2,1-2H3,(H,17,18). The van der Waals surface area contributed by atoms with Crippen LogP contribution in [0.2, 0.25) is 0 Å². The molecule has 0 atom stereocenters. The number of H-pyrrole nitrogens is 1. The van der Waals surface area contributed by atoms with E-state index in [9.17, 15) is 0 Å². The van der Waals surface area contributed by atoms with Crippen LogP contribution in [0.5, 0.6) is 0 Å². The van der Waals surface area contributed by atoms with E-state index < -0.39 is 0 Å². The van der Waals surface area contributed by atoms with Crippen LogP contribution in [-0.2, 0) is 19.4 Å². The van der Waals surface area contributed by atoms with Crippen molar-refractivity contribution in [3.8, 4) is 11.3 Å². The molecule has 1 aliphatic heterocycles. The van der Waals surface area contributed by atoms with E-state index in [0.29, 0.717) is 0 Å². The van der Waals surface area contributed by atoms with E-state index >= 15 is 0 Å². The number of hydrogen-bond acceptors (Lipinski definition) is 2. The molecule has 3 rings (SSSR count). The highest BCUT2D eigenvalue weighted by molar-refractivity contribution is 5.64. The van der Waals surface area contributed by atoms with Crippen LogP contribution in [0.3, 0.4) is 0 Å². The molecule has 0 aliphatic carbocycles. The maximum atomic E-state index is 4.54. The minimum Gasteiger partial charge on any atom is -0.299 e. The Bertz CT molecular complexity index is 554. The van der Waals surface area contributed by atoms with Gasteiger partial charge in [0.25, 0.3) is 0 Å². The third kappa shape index (κ3) is 2.30. The molecular formula is C16H21N3. The first-order valence-electron chi connectivity index (χ1n) is 7.19. The van der Waals surface area contributed by atoms with E-state index in [1.165, 1.54) is 22.4 Å². The summed E-state index contributed by atoms with van der Waals surface area (Å²) in [5.74, 6) is 0. The molecule has 3 heteroatoms. The number of nitrogens with zero attached hydrogens (tertiary/aromatic N) is 2. The van der Waals surface area contributed by atoms with Crippen LogP contribution < -0.4 is 0 Å². The molecule has 1 aromatic carbocycles. The molecule has 0 amide bonds. The predicted molar refractivity (Wildman–Crippen MR) is 78.1 cm³/mol. The molecule has 1 aliphatic rings. The lowest BCUT2D eigenvalue weighted by Crippen LogP contribution is -2.30. The van der Waals surface area contributed by atoms with E-state index in [-0.39, 0.29) is 0 Å². The van der Waals surface area contributed by atoms with Gasteiger partial charge in [-0.25, -0.2) is 0 Å². The molecule has 2 heterocycles. The lowest BCUT2D eigenvalue weighted by atomic mass is 10.00. The number of likely N-dealkylation sites (N-methyl/N-ethyl adjacent to an activating group) is 1. The van der Waals surface area contributed by atoms with Crippen molar-refractivity contribution in [1.29, 1.82) is 0 Å². The monoisotopic (exact) mass is 255 g/mol. The van der Waals surface area contributed by atoms with Gasteiger partial charge in [-0.05, 0) is 18.5 Å². The van der Waals surface area contributed by atoms with Crippen molar-refractivity contribution in [2.75, 3.05) is 13.1 Å². The Hall–Kier alpha value is -1.61. The SMILES string of the molecule is CCc1ccc(-c2n[nH]c3c2CN(CC)CC3)cc1. The Morgan fingerprint density at radius 2 is 2.00 bits per heavy atom. The number of benzene rings is 1. The quantitative estimate of drug-likeness (QED) is 0.914. The fourth-order valence-corrected chi connectivity index (χ4v) is 2.76. The average molecular weight is 255 g/mol. The summed E-state index contributed by atoms with van der Waals surface area (Å²) in [5.41, 5.74) is 6.45. The molecule has 1 aromatic heterocycles. The lowest BCUT2D eigenvalue weighted by molar-refractivity contribution is 0.267. The molecule has 100 valence electrons. The van der Waals surface area contributed by atoms with Crippen molar-refractivity contribution >= 4 is 0 Å². The third-order valence-electron chi connectivity index (χ3n) is 4.10.